The number of nitrogens with zero attached hydrogens (tertiary/aromatic N) is 3. The highest BCUT2D eigenvalue weighted by molar-refractivity contribution is 5.94. The minimum Gasteiger partial charge on any atom is -0.493 e. The molecule has 1 heterocycles. The Morgan fingerprint density at radius 2 is 2.04 bits per heavy atom. The van der Waals surface area contributed by atoms with Gasteiger partial charge in [-0.25, -0.2) is 4.68 Å². The van der Waals surface area contributed by atoms with Crippen LogP contribution in [0.1, 0.15) is 22.5 Å². The number of amides is 1. The van der Waals surface area contributed by atoms with Gasteiger partial charge < -0.3 is 14.4 Å². The maximum atomic E-state index is 12.9. The lowest BCUT2D eigenvalue weighted by Crippen LogP contribution is -2.29. The number of halogens is 3. The van der Waals surface area contributed by atoms with E-state index < -0.39 is 11.7 Å². The molecular formula is C17H20F3N3O3. The van der Waals surface area contributed by atoms with Crippen LogP contribution in [0.15, 0.2) is 30.5 Å². The number of hydrogen-bond donors (Lipinski definition) is 0. The largest absolute Gasteiger partial charge is 0.493 e. The van der Waals surface area contributed by atoms with E-state index in [2.05, 4.69) is 5.10 Å². The molecule has 1 aromatic heterocycles. The molecule has 0 bridgehead atoms. The molecule has 0 atom stereocenters. The van der Waals surface area contributed by atoms with Crippen molar-refractivity contribution in [2.75, 3.05) is 34.4 Å². The van der Waals surface area contributed by atoms with E-state index in [0.717, 1.165) is 12.1 Å². The Morgan fingerprint density at radius 3 is 2.65 bits per heavy atom. The molecule has 1 aromatic carbocycles. The Balaban J connectivity index is 2.30. The quantitative estimate of drug-likeness (QED) is 0.702. The number of methoxy groups -OCH3 is 2. The van der Waals surface area contributed by atoms with E-state index in [1.54, 1.807) is 14.2 Å². The van der Waals surface area contributed by atoms with Gasteiger partial charge in [-0.2, -0.15) is 18.3 Å². The Bertz CT molecular complexity index is 759. The van der Waals surface area contributed by atoms with E-state index in [1.165, 1.54) is 35.0 Å². The number of ether oxygens (including phenoxy) is 2. The van der Waals surface area contributed by atoms with E-state index in [-0.39, 0.29) is 23.0 Å². The van der Waals surface area contributed by atoms with Gasteiger partial charge in [-0.15, -0.1) is 0 Å². The van der Waals surface area contributed by atoms with Gasteiger partial charge in [0.25, 0.3) is 5.91 Å². The van der Waals surface area contributed by atoms with Crippen molar-refractivity contribution in [1.29, 1.82) is 0 Å². The van der Waals surface area contributed by atoms with Gasteiger partial charge in [-0.1, -0.05) is 6.07 Å². The van der Waals surface area contributed by atoms with Crippen molar-refractivity contribution in [3.05, 3.63) is 41.7 Å². The van der Waals surface area contributed by atoms with E-state index >= 15 is 0 Å². The monoisotopic (exact) mass is 371 g/mol. The predicted molar refractivity (Wildman–Crippen MR) is 88.6 cm³/mol. The van der Waals surface area contributed by atoms with Crippen molar-refractivity contribution >= 4 is 5.91 Å². The van der Waals surface area contributed by atoms with E-state index in [9.17, 15) is 18.0 Å². The van der Waals surface area contributed by atoms with E-state index in [1.807, 2.05) is 0 Å². The Morgan fingerprint density at radius 1 is 1.31 bits per heavy atom. The lowest BCUT2D eigenvalue weighted by Gasteiger charge is -2.15. The Hall–Kier alpha value is -2.55. The maximum Gasteiger partial charge on any atom is 0.416 e. The standard InChI is InChI=1S/C17H20F3N3O3/c1-22(8-5-9-25-2)16(24)15-14(26-3)11-23(21-15)13-7-4-6-12(10-13)17(18,19)20/h4,6-7,10-11H,5,8-9H2,1-3H3. The van der Waals surface area contributed by atoms with Crippen LogP contribution >= 0.6 is 0 Å². The lowest BCUT2D eigenvalue weighted by atomic mass is 10.2. The molecule has 9 heteroatoms. The molecule has 0 unspecified atom stereocenters. The maximum absolute atomic E-state index is 12.9. The summed E-state index contributed by atoms with van der Waals surface area (Å²) in [7, 11) is 4.55. The van der Waals surface area contributed by atoms with Crippen LogP contribution < -0.4 is 4.74 Å². The first-order chi connectivity index (χ1) is 12.3. The highest BCUT2D eigenvalue weighted by Crippen LogP contribution is 2.30. The second-order valence-electron chi connectivity index (χ2n) is 5.61. The molecule has 0 N–H and O–H groups in total. The first kappa shape index (κ1) is 19.8. The molecule has 1 amide bonds. The summed E-state index contributed by atoms with van der Waals surface area (Å²) in [4.78, 5) is 14.0. The molecule has 0 spiro atoms. The van der Waals surface area contributed by atoms with Gasteiger partial charge in [0.15, 0.2) is 11.4 Å². The van der Waals surface area contributed by atoms with Crippen LogP contribution in [0.4, 0.5) is 13.2 Å². The molecule has 0 radical (unpaired) electrons. The fourth-order valence-electron chi connectivity index (χ4n) is 2.34. The second kappa shape index (κ2) is 8.22. The number of aromatic nitrogens is 2. The number of rotatable bonds is 7. The van der Waals surface area contributed by atoms with Crippen molar-refractivity contribution in [3.8, 4) is 11.4 Å². The molecule has 0 fully saturated rings. The molecule has 2 aromatic rings. The molecule has 142 valence electrons. The first-order valence-electron chi connectivity index (χ1n) is 7.83. The van der Waals surface area contributed by atoms with Crippen molar-refractivity contribution < 1.29 is 27.4 Å². The molecule has 0 saturated heterocycles. The summed E-state index contributed by atoms with van der Waals surface area (Å²) in [5.74, 6) is -0.199. The van der Waals surface area contributed by atoms with Gasteiger partial charge >= 0.3 is 6.18 Å². The van der Waals surface area contributed by atoms with Gasteiger partial charge in [0.2, 0.25) is 0 Å². The third-order valence-corrected chi connectivity index (χ3v) is 3.73. The summed E-state index contributed by atoms with van der Waals surface area (Å²) < 4.78 is 50.0. The highest BCUT2D eigenvalue weighted by atomic mass is 19.4. The molecule has 2 rings (SSSR count). The molecule has 0 aliphatic carbocycles. The zero-order chi connectivity index (χ0) is 19.3. The molecular weight excluding hydrogens is 351 g/mol. The zero-order valence-corrected chi connectivity index (χ0v) is 14.7. The second-order valence-corrected chi connectivity index (χ2v) is 5.61. The average Bonchev–Trinajstić information content (AvgIpc) is 3.05. The zero-order valence-electron chi connectivity index (χ0n) is 14.7. The van der Waals surface area contributed by atoms with Crippen molar-refractivity contribution in [3.63, 3.8) is 0 Å². The average molecular weight is 371 g/mol. The Labute approximate surface area is 149 Å². The topological polar surface area (TPSA) is 56.6 Å². The minimum atomic E-state index is -4.46. The third kappa shape index (κ3) is 4.54. The van der Waals surface area contributed by atoms with Crippen LogP contribution in [0, 0.1) is 0 Å². The number of alkyl halides is 3. The smallest absolute Gasteiger partial charge is 0.416 e. The van der Waals surface area contributed by atoms with Gasteiger partial charge in [0.1, 0.15) is 0 Å². The summed E-state index contributed by atoms with van der Waals surface area (Å²) in [6, 6.07) is 4.69. The normalized spacial score (nSPS) is 11.5. The van der Waals surface area contributed by atoms with Gasteiger partial charge in [-0.3, -0.25) is 4.79 Å². The lowest BCUT2D eigenvalue weighted by molar-refractivity contribution is -0.137. The number of benzene rings is 1. The van der Waals surface area contributed by atoms with Crippen LogP contribution in [0.5, 0.6) is 5.75 Å². The van der Waals surface area contributed by atoms with Crippen molar-refractivity contribution in [2.45, 2.75) is 12.6 Å². The molecule has 0 saturated carbocycles. The van der Waals surface area contributed by atoms with E-state index in [4.69, 9.17) is 9.47 Å². The van der Waals surface area contributed by atoms with Gasteiger partial charge in [-0.05, 0) is 24.6 Å². The first-order valence-corrected chi connectivity index (χ1v) is 7.83. The van der Waals surface area contributed by atoms with Gasteiger partial charge in [0, 0.05) is 27.3 Å². The summed E-state index contributed by atoms with van der Waals surface area (Å²) in [6.07, 6.45) is -2.44. The summed E-state index contributed by atoms with van der Waals surface area (Å²) in [5, 5.41) is 4.13. The third-order valence-electron chi connectivity index (χ3n) is 3.73. The summed E-state index contributed by atoms with van der Waals surface area (Å²) in [5.41, 5.74) is -0.585. The fraction of sp³-hybridized carbons (Fsp3) is 0.412. The van der Waals surface area contributed by atoms with Crippen LogP contribution in [-0.4, -0.2) is 55.0 Å². The molecule has 26 heavy (non-hydrogen) atoms. The number of hydrogen-bond acceptors (Lipinski definition) is 4. The van der Waals surface area contributed by atoms with Crippen LogP contribution in [0.2, 0.25) is 0 Å². The van der Waals surface area contributed by atoms with Crippen LogP contribution in [0.25, 0.3) is 5.69 Å². The minimum absolute atomic E-state index is 0.0322. The highest BCUT2D eigenvalue weighted by Gasteiger charge is 2.31. The number of carbonyl (C=O) groups is 1. The summed E-state index contributed by atoms with van der Waals surface area (Å²) >= 11 is 0. The SMILES string of the molecule is COCCCN(C)C(=O)c1nn(-c2cccc(C(F)(F)F)c2)cc1OC. The van der Waals surface area contributed by atoms with Crippen molar-refractivity contribution in [1.82, 2.24) is 14.7 Å². The van der Waals surface area contributed by atoms with E-state index in [0.29, 0.717) is 19.6 Å². The molecule has 0 aliphatic heterocycles. The predicted octanol–water partition coefficient (Wildman–Crippen LogP) is 3.01. The van der Waals surface area contributed by atoms with Crippen molar-refractivity contribution in [2.24, 2.45) is 0 Å². The number of carbonyl (C=O) groups excluding carboxylic acids is 1. The van der Waals surface area contributed by atoms with Gasteiger partial charge in [0.05, 0.1) is 24.6 Å². The fourth-order valence-corrected chi connectivity index (χ4v) is 2.34. The van der Waals surface area contributed by atoms with Crippen LogP contribution in [-0.2, 0) is 10.9 Å². The molecule has 0 aliphatic rings. The summed E-state index contributed by atoms with van der Waals surface area (Å²) in [6.45, 7) is 0.958. The molecule has 6 nitrogen and oxygen atoms in total. The van der Waals surface area contributed by atoms with Crippen LogP contribution in [0.3, 0.4) is 0 Å². The Kier molecular flexibility index (Phi) is 6.25.